The summed E-state index contributed by atoms with van der Waals surface area (Å²) in [5, 5.41) is 3.64. The average Bonchev–Trinajstić information content (AvgIpc) is 3.18. The van der Waals surface area contributed by atoms with Crippen LogP contribution >= 0.6 is 0 Å². The molecule has 0 saturated carbocycles. The number of rotatable bonds is 4. The lowest BCUT2D eigenvalue weighted by Crippen LogP contribution is -2.30. The van der Waals surface area contributed by atoms with Crippen LogP contribution in [0.3, 0.4) is 0 Å². The molecule has 0 amide bonds. The van der Waals surface area contributed by atoms with Gasteiger partial charge in [0.15, 0.2) is 5.76 Å². The molecule has 2 N–H and O–H groups in total. The zero-order valence-corrected chi connectivity index (χ0v) is 12.3. The van der Waals surface area contributed by atoms with Crippen molar-refractivity contribution < 1.29 is 12.9 Å². The lowest BCUT2D eigenvalue weighted by Gasteiger charge is -2.18. The molecule has 112 valence electrons. The van der Waals surface area contributed by atoms with E-state index in [0.29, 0.717) is 31.0 Å². The molecule has 1 atom stereocenters. The van der Waals surface area contributed by atoms with Crippen LogP contribution in [0.25, 0.3) is 11.3 Å². The Morgan fingerprint density at radius 1 is 1.33 bits per heavy atom. The van der Waals surface area contributed by atoms with E-state index in [4.69, 9.17) is 10.3 Å². The molecule has 1 aromatic carbocycles. The smallest absolute Gasteiger partial charge is 0.243 e. The second-order valence-corrected chi connectivity index (χ2v) is 7.03. The minimum atomic E-state index is -3.55. The van der Waals surface area contributed by atoms with Gasteiger partial charge in [0.05, 0.1) is 11.1 Å². The van der Waals surface area contributed by atoms with Gasteiger partial charge in [0.25, 0.3) is 0 Å². The molecule has 0 radical (unpaired) electrons. The van der Waals surface area contributed by atoms with Gasteiger partial charge in [-0.15, -0.1) is 0 Å². The Labute approximate surface area is 123 Å². The molecule has 1 saturated heterocycles. The number of hydrogen-bond acceptors (Lipinski definition) is 5. The van der Waals surface area contributed by atoms with E-state index in [2.05, 4.69) is 5.16 Å². The number of hydrogen-bond donors (Lipinski definition) is 1. The maximum absolute atomic E-state index is 12.8. The maximum atomic E-state index is 12.8. The first kappa shape index (κ1) is 14.2. The van der Waals surface area contributed by atoms with E-state index in [1.165, 1.54) is 10.5 Å². The van der Waals surface area contributed by atoms with Gasteiger partial charge in [-0.25, -0.2) is 8.42 Å². The van der Waals surface area contributed by atoms with Crippen LogP contribution in [0.15, 0.2) is 45.9 Å². The van der Waals surface area contributed by atoms with Crippen molar-refractivity contribution in [3.05, 3.63) is 36.5 Å². The molecule has 7 heteroatoms. The van der Waals surface area contributed by atoms with Crippen molar-refractivity contribution in [3.8, 4) is 11.3 Å². The molecule has 1 aliphatic rings. The van der Waals surface area contributed by atoms with Crippen LogP contribution in [0.4, 0.5) is 0 Å². The van der Waals surface area contributed by atoms with Crippen LogP contribution in [-0.4, -0.2) is 37.5 Å². The van der Waals surface area contributed by atoms with E-state index < -0.39 is 10.0 Å². The summed E-state index contributed by atoms with van der Waals surface area (Å²) in [6, 6.07) is 8.47. The van der Waals surface area contributed by atoms with Gasteiger partial charge < -0.3 is 10.3 Å². The van der Waals surface area contributed by atoms with E-state index in [0.717, 1.165) is 6.42 Å². The molecule has 2 aromatic rings. The summed E-state index contributed by atoms with van der Waals surface area (Å²) in [6.07, 6.45) is 2.30. The Morgan fingerprint density at radius 3 is 2.81 bits per heavy atom. The molecule has 1 aromatic heterocycles. The zero-order chi connectivity index (χ0) is 14.9. The molecule has 0 aliphatic carbocycles. The number of aromatic nitrogens is 1. The van der Waals surface area contributed by atoms with E-state index >= 15 is 0 Å². The molecule has 21 heavy (non-hydrogen) atoms. The van der Waals surface area contributed by atoms with Crippen molar-refractivity contribution in [2.45, 2.75) is 11.3 Å². The van der Waals surface area contributed by atoms with Crippen LogP contribution < -0.4 is 5.73 Å². The summed E-state index contributed by atoms with van der Waals surface area (Å²) < 4.78 is 32.3. The second kappa shape index (κ2) is 5.59. The van der Waals surface area contributed by atoms with Crippen molar-refractivity contribution in [2.24, 2.45) is 11.7 Å². The fourth-order valence-electron chi connectivity index (χ4n) is 2.60. The van der Waals surface area contributed by atoms with Crippen molar-refractivity contribution in [1.82, 2.24) is 9.46 Å². The summed E-state index contributed by atoms with van der Waals surface area (Å²) in [5.41, 5.74) is 6.17. The normalized spacial score (nSPS) is 20.0. The molecule has 2 heterocycles. The molecule has 1 fully saturated rings. The van der Waals surface area contributed by atoms with Crippen LogP contribution in [0.5, 0.6) is 0 Å². The molecule has 1 unspecified atom stereocenters. The molecule has 3 rings (SSSR count). The van der Waals surface area contributed by atoms with E-state index in [1.807, 2.05) is 0 Å². The van der Waals surface area contributed by atoms with E-state index in [-0.39, 0.29) is 10.8 Å². The Kier molecular flexibility index (Phi) is 3.79. The molecule has 6 nitrogen and oxygen atoms in total. The lowest BCUT2D eigenvalue weighted by atomic mass is 10.1. The van der Waals surface area contributed by atoms with Crippen LogP contribution in [-0.2, 0) is 10.0 Å². The second-order valence-electron chi connectivity index (χ2n) is 5.13. The third-order valence-electron chi connectivity index (χ3n) is 3.79. The van der Waals surface area contributed by atoms with Crippen molar-refractivity contribution in [1.29, 1.82) is 0 Å². The number of nitrogens with zero attached hydrogens (tertiary/aromatic N) is 2. The van der Waals surface area contributed by atoms with Crippen molar-refractivity contribution in [2.75, 3.05) is 19.6 Å². The number of sulfonamides is 1. The van der Waals surface area contributed by atoms with Crippen molar-refractivity contribution in [3.63, 3.8) is 0 Å². The standard InChI is InChI=1S/C14H17N3O3S/c15-9-11-6-8-17(10-11)21(18,19)14-4-2-1-3-12(14)13-5-7-16-20-13/h1-5,7,11H,6,8-10,15H2. The first-order valence-electron chi connectivity index (χ1n) is 6.83. The highest BCUT2D eigenvalue weighted by molar-refractivity contribution is 7.89. The maximum Gasteiger partial charge on any atom is 0.243 e. The zero-order valence-electron chi connectivity index (χ0n) is 11.5. The van der Waals surface area contributed by atoms with Gasteiger partial charge in [0, 0.05) is 24.7 Å². The van der Waals surface area contributed by atoms with Gasteiger partial charge in [0.1, 0.15) is 0 Å². The highest BCUT2D eigenvalue weighted by atomic mass is 32.2. The largest absolute Gasteiger partial charge is 0.356 e. The molecule has 1 aliphatic heterocycles. The monoisotopic (exact) mass is 307 g/mol. The van der Waals surface area contributed by atoms with Gasteiger partial charge in [0.2, 0.25) is 10.0 Å². The number of nitrogens with two attached hydrogens (primary N) is 1. The van der Waals surface area contributed by atoms with Gasteiger partial charge in [-0.3, -0.25) is 0 Å². The van der Waals surface area contributed by atoms with Crippen LogP contribution in [0, 0.1) is 5.92 Å². The first-order valence-corrected chi connectivity index (χ1v) is 8.27. The summed E-state index contributed by atoms with van der Waals surface area (Å²) in [5.74, 6) is 0.681. The Hall–Kier alpha value is -1.70. The Bertz CT molecular complexity index is 713. The molecular formula is C14H17N3O3S. The highest BCUT2D eigenvalue weighted by Crippen LogP contribution is 2.31. The Morgan fingerprint density at radius 2 is 2.14 bits per heavy atom. The number of benzene rings is 1. The topological polar surface area (TPSA) is 89.4 Å². The predicted molar refractivity (Wildman–Crippen MR) is 77.9 cm³/mol. The summed E-state index contributed by atoms with van der Waals surface area (Å²) >= 11 is 0. The minimum absolute atomic E-state index is 0.234. The van der Waals surface area contributed by atoms with Gasteiger partial charge in [-0.1, -0.05) is 17.3 Å². The fourth-order valence-corrected chi connectivity index (χ4v) is 4.32. The first-order chi connectivity index (χ1) is 10.1. The Balaban J connectivity index is 2.01. The van der Waals surface area contributed by atoms with Gasteiger partial charge in [-0.2, -0.15) is 4.31 Å². The highest BCUT2D eigenvalue weighted by Gasteiger charge is 2.33. The van der Waals surface area contributed by atoms with Crippen molar-refractivity contribution >= 4 is 10.0 Å². The minimum Gasteiger partial charge on any atom is -0.356 e. The predicted octanol–water partition coefficient (Wildman–Crippen LogP) is 1.31. The van der Waals surface area contributed by atoms with Crippen LogP contribution in [0.1, 0.15) is 6.42 Å². The molecule has 0 spiro atoms. The van der Waals surface area contributed by atoms with Crippen LogP contribution in [0.2, 0.25) is 0 Å². The third-order valence-corrected chi connectivity index (χ3v) is 5.71. The SMILES string of the molecule is NCC1CCN(S(=O)(=O)c2ccccc2-c2ccno2)C1. The summed E-state index contributed by atoms with van der Waals surface area (Å²) in [6.45, 7) is 1.49. The lowest BCUT2D eigenvalue weighted by molar-refractivity contribution is 0.430. The average molecular weight is 307 g/mol. The molecule has 0 bridgehead atoms. The third kappa shape index (κ3) is 2.59. The summed E-state index contributed by atoms with van der Waals surface area (Å²) in [7, 11) is -3.55. The fraction of sp³-hybridized carbons (Fsp3) is 0.357. The van der Waals surface area contributed by atoms with E-state index in [9.17, 15) is 8.42 Å². The summed E-state index contributed by atoms with van der Waals surface area (Å²) in [4.78, 5) is 0.249. The molecular weight excluding hydrogens is 290 g/mol. The van der Waals surface area contributed by atoms with Gasteiger partial charge in [-0.05, 0) is 31.0 Å². The van der Waals surface area contributed by atoms with E-state index in [1.54, 1.807) is 30.3 Å². The van der Waals surface area contributed by atoms with Gasteiger partial charge >= 0.3 is 0 Å². The quantitative estimate of drug-likeness (QED) is 0.920.